The molecule has 0 atom stereocenters. The van der Waals surface area contributed by atoms with Crippen molar-refractivity contribution in [3.63, 3.8) is 0 Å². The molecule has 116 valence electrons. The van der Waals surface area contributed by atoms with Gasteiger partial charge in [-0.25, -0.2) is 13.1 Å². The zero-order valence-electron chi connectivity index (χ0n) is 13.2. The molecule has 0 bridgehead atoms. The number of aromatic amines is 1. The van der Waals surface area contributed by atoms with Crippen molar-refractivity contribution in [3.05, 3.63) is 11.3 Å². The second kappa shape index (κ2) is 6.24. The summed E-state index contributed by atoms with van der Waals surface area (Å²) in [6.07, 6.45) is 0. The Labute approximate surface area is 121 Å². The molecule has 0 aliphatic rings. The first kappa shape index (κ1) is 17.1. The predicted molar refractivity (Wildman–Crippen MR) is 79.9 cm³/mol. The van der Waals surface area contributed by atoms with Gasteiger partial charge in [-0.1, -0.05) is 27.7 Å². The molecule has 3 N–H and O–H groups in total. The van der Waals surface area contributed by atoms with E-state index >= 15 is 0 Å². The average molecular weight is 302 g/mol. The van der Waals surface area contributed by atoms with Crippen molar-refractivity contribution >= 4 is 10.0 Å². The van der Waals surface area contributed by atoms with Crippen molar-refractivity contribution in [2.24, 2.45) is 11.3 Å². The van der Waals surface area contributed by atoms with Gasteiger partial charge in [0.15, 0.2) is 5.03 Å². The smallest absolute Gasteiger partial charge is 0.260 e. The molecular weight excluding hydrogens is 276 g/mol. The summed E-state index contributed by atoms with van der Waals surface area (Å²) in [6, 6.07) is 0. The first-order valence-electron chi connectivity index (χ1n) is 6.80. The van der Waals surface area contributed by atoms with E-state index in [1.165, 1.54) is 0 Å². The number of rotatable bonds is 7. The molecule has 0 aliphatic heterocycles. The third-order valence-electron chi connectivity index (χ3n) is 3.92. The lowest BCUT2D eigenvalue weighted by Crippen LogP contribution is -2.37. The molecule has 0 spiro atoms. The molecule has 20 heavy (non-hydrogen) atoms. The summed E-state index contributed by atoms with van der Waals surface area (Å²) >= 11 is 0. The number of sulfonamides is 1. The molecule has 0 saturated heterocycles. The van der Waals surface area contributed by atoms with Gasteiger partial charge in [0, 0.05) is 24.3 Å². The fraction of sp³-hybridized carbons (Fsp3) is 0.769. The maximum atomic E-state index is 12.4. The SMILES string of the molecule is CNCc1c(S(=O)(=O)NCC(C)(C)C(C)C)n[nH]c1C. The molecule has 6 nitrogen and oxygen atoms in total. The van der Waals surface area contributed by atoms with E-state index in [4.69, 9.17) is 0 Å². The van der Waals surface area contributed by atoms with Gasteiger partial charge in [-0.3, -0.25) is 5.10 Å². The zero-order valence-corrected chi connectivity index (χ0v) is 14.0. The Morgan fingerprint density at radius 1 is 1.35 bits per heavy atom. The van der Waals surface area contributed by atoms with Crippen LogP contribution in [0.5, 0.6) is 0 Å². The number of nitrogens with one attached hydrogen (secondary N) is 3. The lowest BCUT2D eigenvalue weighted by molar-refractivity contribution is 0.252. The van der Waals surface area contributed by atoms with Gasteiger partial charge in [-0.05, 0) is 25.3 Å². The van der Waals surface area contributed by atoms with Crippen molar-refractivity contribution in [1.82, 2.24) is 20.2 Å². The number of aryl methyl sites for hydroxylation is 1. The Bertz CT molecular complexity index is 547. The van der Waals surface area contributed by atoms with Crippen LogP contribution in [0.15, 0.2) is 5.03 Å². The summed E-state index contributed by atoms with van der Waals surface area (Å²) in [4.78, 5) is 0. The lowest BCUT2D eigenvalue weighted by atomic mass is 9.81. The van der Waals surface area contributed by atoms with Gasteiger partial charge < -0.3 is 5.32 Å². The standard InChI is InChI=1S/C13H26N4O2S/c1-9(2)13(4,5)8-15-20(18,19)12-11(7-14-6)10(3)16-17-12/h9,14-15H,7-8H2,1-6H3,(H,16,17). The summed E-state index contributed by atoms with van der Waals surface area (Å²) in [5.74, 6) is 0.378. The Balaban J connectivity index is 2.95. The van der Waals surface area contributed by atoms with E-state index in [0.29, 0.717) is 24.6 Å². The van der Waals surface area contributed by atoms with E-state index in [9.17, 15) is 8.42 Å². The normalized spacial score (nSPS) is 13.2. The molecule has 1 aromatic rings. The molecule has 7 heteroatoms. The Morgan fingerprint density at radius 3 is 2.45 bits per heavy atom. The van der Waals surface area contributed by atoms with Crippen LogP contribution in [0.2, 0.25) is 0 Å². The number of hydrogen-bond acceptors (Lipinski definition) is 4. The topological polar surface area (TPSA) is 86.9 Å². The zero-order chi connectivity index (χ0) is 15.6. The highest BCUT2D eigenvalue weighted by molar-refractivity contribution is 7.89. The molecule has 0 radical (unpaired) electrons. The van der Waals surface area contributed by atoms with Crippen LogP contribution in [0, 0.1) is 18.3 Å². The number of H-pyrrole nitrogens is 1. The summed E-state index contributed by atoms with van der Waals surface area (Å²) in [7, 11) is -1.82. The highest BCUT2D eigenvalue weighted by Gasteiger charge is 2.28. The summed E-state index contributed by atoms with van der Waals surface area (Å²) in [6.45, 7) is 10.9. The third-order valence-corrected chi connectivity index (χ3v) is 5.30. The van der Waals surface area contributed by atoms with Crippen LogP contribution in [0.3, 0.4) is 0 Å². The van der Waals surface area contributed by atoms with E-state index in [1.54, 1.807) is 7.05 Å². The van der Waals surface area contributed by atoms with Crippen LogP contribution >= 0.6 is 0 Å². The number of aromatic nitrogens is 2. The van der Waals surface area contributed by atoms with E-state index < -0.39 is 10.0 Å². The Kier molecular flexibility index (Phi) is 5.34. The molecule has 1 aromatic heterocycles. The van der Waals surface area contributed by atoms with Crippen molar-refractivity contribution in [2.45, 2.75) is 46.2 Å². The molecule has 0 aromatic carbocycles. The maximum Gasteiger partial charge on any atom is 0.260 e. The molecule has 0 amide bonds. The number of hydrogen-bond donors (Lipinski definition) is 3. The summed E-state index contributed by atoms with van der Waals surface area (Å²) in [5.41, 5.74) is 1.34. The molecule has 1 rings (SSSR count). The van der Waals surface area contributed by atoms with Crippen molar-refractivity contribution in [3.8, 4) is 0 Å². The number of nitrogens with zero attached hydrogens (tertiary/aromatic N) is 1. The van der Waals surface area contributed by atoms with Gasteiger partial charge >= 0.3 is 0 Å². The second-order valence-electron chi connectivity index (χ2n) is 6.13. The molecule has 1 heterocycles. The van der Waals surface area contributed by atoms with Crippen LogP contribution in [-0.4, -0.2) is 32.2 Å². The maximum absolute atomic E-state index is 12.4. The fourth-order valence-electron chi connectivity index (χ4n) is 1.59. The van der Waals surface area contributed by atoms with Crippen molar-refractivity contribution in [2.75, 3.05) is 13.6 Å². The van der Waals surface area contributed by atoms with E-state index in [-0.39, 0.29) is 10.4 Å². The predicted octanol–water partition coefficient (Wildman–Crippen LogP) is 1.40. The van der Waals surface area contributed by atoms with E-state index in [0.717, 1.165) is 5.69 Å². The highest BCUT2D eigenvalue weighted by Crippen LogP contribution is 2.25. The molecule has 0 fully saturated rings. The van der Waals surface area contributed by atoms with Crippen LogP contribution in [0.25, 0.3) is 0 Å². The van der Waals surface area contributed by atoms with Gasteiger partial charge in [-0.2, -0.15) is 5.10 Å². The second-order valence-corrected chi connectivity index (χ2v) is 7.81. The largest absolute Gasteiger partial charge is 0.316 e. The quantitative estimate of drug-likeness (QED) is 0.710. The highest BCUT2D eigenvalue weighted by atomic mass is 32.2. The summed E-state index contributed by atoms with van der Waals surface area (Å²) < 4.78 is 27.4. The van der Waals surface area contributed by atoms with Gasteiger partial charge in [0.2, 0.25) is 0 Å². The van der Waals surface area contributed by atoms with Gasteiger partial charge in [-0.15, -0.1) is 0 Å². The molecule has 0 unspecified atom stereocenters. The van der Waals surface area contributed by atoms with Crippen LogP contribution < -0.4 is 10.0 Å². The van der Waals surface area contributed by atoms with E-state index in [1.807, 2.05) is 20.8 Å². The Hall–Kier alpha value is -0.920. The molecule has 0 aliphatic carbocycles. The molecular formula is C13H26N4O2S. The van der Waals surface area contributed by atoms with Gasteiger partial charge in [0.05, 0.1) is 0 Å². The minimum Gasteiger partial charge on any atom is -0.316 e. The fourth-order valence-corrected chi connectivity index (χ4v) is 3.00. The van der Waals surface area contributed by atoms with Gasteiger partial charge in [0.1, 0.15) is 0 Å². The van der Waals surface area contributed by atoms with Crippen LogP contribution in [-0.2, 0) is 16.6 Å². The van der Waals surface area contributed by atoms with Crippen molar-refractivity contribution < 1.29 is 8.42 Å². The summed E-state index contributed by atoms with van der Waals surface area (Å²) in [5, 5.41) is 9.72. The monoisotopic (exact) mass is 302 g/mol. The molecule has 0 saturated carbocycles. The first-order valence-corrected chi connectivity index (χ1v) is 8.28. The Morgan fingerprint density at radius 2 is 1.95 bits per heavy atom. The lowest BCUT2D eigenvalue weighted by Gasteiger charge is -2.29. The van der Waals surface area contributed by atoms with E-state index in [2.05, 4.69) is 34.1 Å². The van der Waals surface area contributed by atoms with Gasteiger partial charge in [0.25, 0.3) is 10.0 Å². The minimum absolute atomic E-state index is 0.0870. The average Bonchev–Trinajstić information content (AvgIpc) is 2.70. The van der Waals surface area contributed by atoms with Crippen LogP contribution in [0.4, 0.5) is 0 Å². The third kappa shape index (κ3) is 3.80. The van der Waals surface area contributed by atoms with Crippen LogP contribution in [0.1, 0.15) is 39.0 Å². The minimum atomic E-state index is -3.59. The first-order chi connectivity index (χ1) is 9.12. The van der Waals surface area contributed by atoms with Crippen molar-refractivity contribution in [1.29, 1.82) is 0 Å².